The lowest BCUT2D eigenvalue weighted by Gasteiger charge is -2.73. The Morgan fingerprint density at radius 1 is 0.867 bits per heavy atom. The third-order valence-electron chi connectivity index (χ3n) is 15.4. The lowest BCUT2D eigenvalue weighted by Crippen LogP contribution is -2.67. The standard InChI is InChI=1S/C40H64O5/c1-11-22-44-32(42)23-35(4,5)24-33(43)45-31-16-17-37(8)29(36(31,6)7)15-18-39(10)30(37)13-12-28-34-27(26(2)3)14-19-40(34,25-41)21-20-38(28,39)9/h11,27-31,34,41H,1-2,12-25H2,3-10H3/t27-,28+,29?,30?,31-,34?,37-,38+,39+,40+/m0/s1. The Bertz CT molecular complexity index is 1190. The number of ether oxygens (including phenoxy) is 2. The Morgan fingerprint density at radius 3 is 2.20 bits per heavy atom. The molecule has 0 aromatic heterocycles. The molecule has 0 heterocycles. The van der Waals surface area contributed by atoms with E-state index in [1.807, 2.05) is 13.8 Å². The first-order valence-electron chi connectivity index (χ1n) is 18.1. The van der Waals surface area contributed by atoms with Crippen molar-refractivity contribution in [2.45, 2.75) is 139 Å². The average molecular weight is 625 g/mol. The van der Waals surface area contributed by atoms with Crippen molar-refractivity contribution in [3.05, 3.63) is 24.8 Å². The molecule has 0 radical (unpaired) electrons. The number of aliphatic hydroxyl groups excluding tert-OH is 1. The van der Waals surface area contributed by atoms with Gasteiger partial charge in [-0.15, -0.1) is 0 Å². The molecule has 5 rings (SSSR count). The topological polar surface area (TPSA) is 72.8 Å². The van der Waals surface area contributed by atoms with Crippen LogP contribution in [0.25, 0.3) is 0 Å². The summed E-state index contributed by atoms with van der Waals surface area (Å²) in [6, 6.07) is 0. The zero-order valence-corrected chi connectivity index (χ0v) is 29.9. The number of allylic oxidation sites excluding steroid dienone is 1. The molecule has 0 spiro atoms. The van der Waals surface area contributed by atoms with E-state index in [0.29, 0.717) is 36.2 Å². The molecule has 45 heavy (non-hydrogen) atoms. The van der Waals surface area contributed by atoms with Gasteiger partial charge >= 0.3 is 11.9 Å². The second kappa shape index (κ2) is 11.8. The number of carbonyl (C=O) groups is 2. The molecule has 0 aromatic rings. The minimum absolute atomic E-state index is 0.0858. The summed E-state index contributed by atoms with van der Waals surface area (Å²) in [5.74, 6) is 2.37. The molecule has 0 amide bonds. The molecule has 10 atom stereocenters. The predicted octanol–water partition coefficient (Wildman–Crippen LogP) is 9.08. The fourth-order valence-corrected chi connectivity index (χ4v) is 13.0. The molecule has 5 saturated carbocycles. The summed E-state index contributed by atoms with van der Waals surface area (Å²) < 4.78 is 11.5. The summed E-state index contributed by atoms with van der Waals surface area (Å²) in [7, 11) is 0. The summed E-state index contributed by atoms with van der Waals surface area (Å²) in [5.41, 5.74) is 1.49. The number of esters is 2. The summed E-state index contributed by atoms with van der Waals surface area (Å²) in [5, 5.41) is 10.8. The van der Waals surface area contributed by atoms with Crippen LogP contribution in [0.15, 0.2) is 24.8 Å². The Hall–Kier alpha value is -1.62. The molecule has 254 valence electrons. The highest BCUT2D eigenvalue weighted by molar-refractivity contribution is 5.74. The van der Waals surface area contributed by atoms with Crippen LogP contribution in [0, 0.1) is 62.1 Å². The van der Waals surface area contributed by atoms with Crippen LogP contribution in [-0.2, 0) is 19.1 Å². The largest absolute Gasteiger partial charge is 0.462 e. The number of fused-ring (bicyclic) bond motifs is 7. The molecule has 0 aliphatic heterocycles. The van der Waals surface area contributed by atoms with Gasteiger partial charge in [0.1, 0.15) is 12.7 Å². The zero-order chi connectivity index (χ0) is 33.2. The van der Waals surface area contributed by atoms with Crippen molar-refractivity contribution in [2.24, 2.45) is 62.1 Å². The van der Waals surface area contributed by atoms with Crippen LogP contribution in [0.3, 0.4) is 0 Å². The van der Waals surface area contributed by atoms with Crippen LogP contribution < -0.4 is 0 Å². The third kappa shape index (κ3) is 5.47. The van der Waals surface area contributed by atoms with E-state index in [2.05, 4.69) is 54.7 Å². The quantitative estimate of drug-likeness (QED) is 0.205. The Morgan fingerprint density at radius 2 is 1.56 bits per heavy atom. The maximum atomic E-state index is 13.3. The van der Waals surface area contributed by atoms with Crippen LogP contribution in [0.5, 0.6) is 0 Å². The third-order valence-corrected chi connectivity index (χ3v) is 15.4. The van der Waals surface area contributed by atoms with Crippen LogP contribution in [0.2, 0.25) is 0 Å². The van der Waals surface area contributed by atoms with Gasteiger partial charge in [0.25, 0.3) is 0 Å². The molecule has 3 unspecified atom stereocenters. The van der Waals surface area contributed by atoms with Crippen molar-refractivity contribution >= 4 is 11.9 Å². The summed E-state index contributed by atoms with van der Waals surface area (Å²) in [6.45, 7) is 27.3. The number of hydrogen-bond acceptors (Lipinski definition) is 5. The van der Waals surface area contributed by atoms with Crippen LogP contribution in [0.4, 0.5) is 0 Å². The van der Waals surface area contributed by atoms with E-state index in [9.17, 15) is 14.7 Å². The number of aliphatic hydroxyl groups is 1. The second-order valence-corrected chi connectivity index (χ2v) is 18.5. The maximum absolute atomic E-state index is 13.3. The smallest absolute Gasteiger partial charge is 0.306 e. The highest BCUT2D eigenvalue weighted by atomic mass is 16.5. The van der Waals surface area contributed by atoms with E-state index >= 15 is 0 Å². The molecule has 0 saturated heterocycles. The minimum Gasteiger partial charge on any atom is -0.462 e. The molecule has 5 aliphatic rings. The fourth-order valence-electron chi connectivity index (χ4n) is 13.0. The summed E-state index contributed by atoms with van der Waals surface area (Å²) in [6.07, 6.45) is 13.5. The SMILES string of the molecule is C=CCOC(=O)CC(C)(C)CC(=O)O[C@H]1CC[C@@]2(C)C(CC[C@]3(C)C2CC[C@@H]2C4[C@H](C(=C)C)CC[C@]4(CO)CC[C@]23C)C1(C)C. The van der Waals surface area contributed by atoms with Gasteiger partial charge in [-0.25, -0.2) is 0 Å². The first kappa shape index (κ1) is 34.7. The molecular weight excluding hydrogens is 560 g/mol. The van der Waals surface area contributed by atoms with Crippen molar-refractivity contribution < 1.29 is 24.2 Å². The number of rotatable bonds is 9. The Labute approximate surface area is 274 Å². The number of hydrogen-bond donors (Lipinski definition) is 1. The van der Waals surface area contributed by atoms with E-state index in [0.717, 1.165) is 25.7 Å². The normalized spacial score (nSPS) is 43.6. The molecular formula is C40H64O5. The first-order valence-corrected chi connectivity index (χ1v) is 18.1. The highest BCUT2D eigenvalue weighted by Gasteiger charge is 2.71. The highest BCUT2D eigenvalue weighted by Crippen LogP contribution is 2.77. The van der Waals surface area contributed by atoms with Gasteiger partial charge in [-0.1, -0.05) is 73.3 Å². The molecule has 0 bridgehead atoms. The van der Waals surface area contributed by atoms with Gasteiger partial charge in [0, 0.05) is 12.0 Å². The van der Waals surface area contributed by atoms with Crippen LogP contribution >= 0.6 is 0 Å². The second-order valence-electron chi connectivity index (χ2n) is 18.5. The molecule has 5 nitrogen and oxygen atoms in total. The lowest BCUT2D eigenvalue weighted by atomic mass is 9.32. The Balaban J connectivity index is 1.33. The maximum Gasteiger partial charge on any atom is 0.306 e. The van der Waals surface area contributed by atoms with E-state index in [-0.39, 0.29) is 64.6 Å². The fraction of sp³-hybridized carbons (Fsp3) is 0.850. The van der Waals surface area contributed by atoms with Gasteiger partial charge in [0.05, 0.1) is 12.8 Å². The van der Waals surface area contributed by atoms with Gasteiger partial charge in [0.15, 0.2) is 0 Å². The molecule has 5 aliphatic carbocycles. The van der Waals surface area contributed by atoms with E-state index in [4.69, 9.17) is 9.47 Å². The van der Waals surface area contributed by atoms with Crippen LogP contribution in [-0.4, -0.2) is 36.4 Å². The van der Waals surface area contributed by atoms with Crippen molar-refractivity contribution in [3.63, 3.8) is 0 Å². The lowest BCUT2D eigenvalue weighted by molar-refractivity contribution is -0.251. The van der Waals surface area contributed by atoms with E-state index < -0.39 is 5.41 Å². The van der Waals surface area contributed by atoms with Crippen molar-refractivity contribution in [1.82, 2.24) is 0 Å². The van der Waals surface area contributed by atoms with Gasteiger partial charge in [-0.3, -0.25) is 9.59 Å². The van der Waals surface area contributed by atoms with E-state index in [1.165, 1.54) is 44.1 Å². The molecule has 5 heteroatoms. The molecule has 1 N–H and O–H groups in total. The first-order chi connectivity index (χ1) is 20.9. The predicted molar refractivity (Wildman–Crippen MR) is 180 cm³/mol. The van der Waals surface area contributed by atoms with E-state index in [1.54, 1.807) is 6.08 Å². The summed E-state index contributed by atoms with van der Waals surface area (Å²) in [4.78, 5) is 25.6. The van der Waals surface area contributed by atoms with Gasteiger partial charge in [0.2, 0.25) is 0 Å². The monoisotopic (exact) mass is 624 g/mol. The zero-order valence-electron chi connectivity index (χ0n) is 29.9. The Kier molecular flexibility index (Phi) is 9.11. The van der Waals surface area contributed by atoms with Gasteiger partial charge in [-0.2, -0.15) is 0 Å². The van der Waals surface area contributed by atoms with Gasteiger partial charge < -0.3 is 14.6 Å². The van der Waals surface area contributed by atoms with Crippen molar-refractivity contribution in [2.75, 3.05) is 13.2 Å². The summed E-state index contributed by atoms with van der Waals surface area (Å²) >= 11 is 0. The molecule has 0 aromatic carbocycles. The molecule has 5 fully saturated rings. The minimum atomic E-state index is -0.528. The number of carbonyl (C=O) groups excluding carboxylic acids is 2. The van der Waals surface area contributed by atoms with Crippen LogP contribution in [0.1, 0.15) is 132 Å². The average Bonchev–Trinajstić information content (AvgIpc) is 3.34. The van der Waals surface area contributed by atoms with Gasteiger partial charge in [-0.05, 0) is 128 Å². The van der Waals surface area contributed by atoms with Crippen molar-refractivity contribution in [1.29, 1.82) is 0 Å². The van der Waals surface area contributed by atoms with Crippen molar-refractivity contribution in [3.8, 4) is 0 Å².